The van der Waals surface area contributed by atoms with Crippen LogP contribution in [0.4, 0.5) is 0 Å². The van der Waals surface area contributed by atoms with Gasteiger partial charge < -0.3 is 20.3 Å². The van der Waals surface area contributed by atoms with Crippen molar-refractivity contribution in [1.29, 1.82) is 0 Å². The molecular formula is C12H19NO3. The van der Waals surface area contributed by atoms with Crippen molar-refractivity contribution in [2.75, 3.05) is 19.8 Å². The molecule has 90 valence electrons. The number of rotatable bonds is 7. The molecule has 16 heavy (non-hydrogen) atoms. The van der Waals surface area contributed by atoms with E-state index >= 15 is 0 Å². The topological polar surface area (TPSA) is 64.7 Å². The summed E-state index contributed by atoms with van der Waals surface area (Å²) in [4.78, 5) is 0. The van der Waals surface area contributed by atoms with Gasteiger partial charge in [0.15, 0.2) is 11.5 Å². The number of aliphatic hydroxyl groups excluding tert-OH is 1. The molecule has 4 heteroatoms. The minimum Gasteiger partial charge on any atom is -0.490 e. The average Bonchev–Trinajstić information content (AvgIpc) is 2.34. The first kappa shape index (κ1) is 12.8. The highest BCUT2D eigenvalue weighted by atomic mass is 16.5. The molecule has 0 aromatic heterocycles. The summed E-state index contributed by atoms with van der Waals surface area (Å²) < 4.78 is 11.0. The molecule has 0 spiro atoms. The Hall–Kier alpha value is -1.26. The van der Waals surface area contributed by atoms with Crippen LogP contribution in [0.2, 0.25) is 0 Å². The Bertz CT molecular complexity index is 304. The van der Waals surface area contributed by atoms with Gasteiger partial charge >= 0.3 is 0 Å². The maximum atomic E-state index is 8.79. The molecule has 3 N–H and O–H groups in total. The van der Waals surface area contributed by atoms with Crippen molar-refractivity contribution in [2.24, 2.45) is 5.73 Å². The van der Waals surface area contributed by atoms with E-state index in [2.05, 4.69) is 0 Å². The van der Waals surface area contributed by atoms with Gasteiger partial charge in [-0.05, 0) is 18.6 Å². The lowest BCUT2D eigenvalue weighted by molar-refractivity contribution is 0.199. The number of nitrogens with two attached hydrogens (primary N) is 1. The smallest absolute Gasteiger partial charge is 0.161 e. The molecule has 0 aliphatic carbocycles. The van der Waals surface area contributed by atoms with Gasteiger partial charge in [-0.25, -0.2) is 0 Å². The minimum absolute atomic E-state index is 0.0853. The van der Waals surface area contributed by atoms with E-state index < -0.39 is 0 Å². The molecular weight excluding hydrogens is 206 g/mol. The molecule has 0 heterocycles. The van der Waals surface area contributed by atoms with Crippen LogP contribution >= 0.6 is 0 Å². The third-order valence-electron chi connectivity index (χ3n) is 2.00. The fourth-order valence-electron chi connectivity index (χ4n) is 1.15. The van der Waals surface area contributed by atoms with Crippen LogP contribution in [0.15, 0.2) is 24.3 Å². The summed E-state index contributed by atoms with van der Waals surface area (Å²) in [7, 11) is 0. The molecule has 0 saturated heterocycles. The molecule has 1 unspecified atom stereocenters. The van der Waals surface area contributed by atoms with Crippen molar-refractivity contribution in [2.45, 2.75) is 19.4 Å². The molecule has 0 saturated carbocycles. The highest BCUT2D eigenvalue weighted by molar-refractivity contribution is 5.39. The predicted molar refractivity (Wildman–Crippen MR) is 62.8 cm³/mol. The van der Waals surface area contributed by atoms with Crippen molar-refractivity contribution in [3.8, 4) is 11.5 Å². The molecule has 0 bridgehead atoms. The Morgan fingerprint density at radius 2 is 1.88 bits per heavy atom. The van der Waals surface area contributed by atoms with Gasteiger partial charge in [0.1, 0.15) is 6.61 Å². The molecule has 0 aliphatic rings. The first-order chi connectivity index (χ1) is 7.77. The van der Waals surface area contributed by atoms with Gasteiger partial charge in [-0.3, -0.25) is 0 Å². The second kappa shape index (κ2) is 7.09. The number of hydrogen-bond acceptors (Lipinski definition) is 4. The lowest BCUT2D eigenvalue weighted by Gasteiger charge is -2.14. The minimum atomic E-state index is -0.362. The first-order valence-electron chi connectivity index (χ1n) is 5.49. The van der Waals surface area contributed by atoms with Crippen LogP contribution in [0, 0.1) is 0 Å². The Balaban J connectivity index is 2.56. The van der Waals surface area contributed by atoms with Gasteiger partial charge in [-0.2, -0.15) is 0 Å². The van der Waals surface area contributed by atoms with E-state index in [4.69, 9.17) is 20.3 Å². The van der Waals surface area contributed by atoms with E-state index in [1.807, 2.05) is 31.2 Å². The van der Waals surface area contributed by atoms with Gasteiger partial charge in [0.05, 0.1) is 19.3 Å². The van der Waals surface area contributed by atoms with Crippen LogP contribution in [0.5, 0.6) is 11.5 Å². The molecule has 0 radical (unpaired) electrons. The van der Waals surface area contributed by atoms with Crippen LogP contribution < -0.4 is 15.2 Å². The first-order valence-corrected chi connectivity index (χ1v) is 5.49. The van der Waals surface area contributed by atoms with Gasteiger partial charge in [-0.1, -0.05) is 19.1 Å². The second-order valence-corrected chi connectivity index (χ2v) is 3.55. The van der Waals surface area contributed by atoms with Crippen molar-refractivity contribution < 1.29 is 14.6 Å². The lowest BCUT2D eigenvalue weighted by atomic mass is 10.3. The number of aliphatic hydroxyl groups is 1. The Labute approximate surface area is 96.0 Å². The van der Waals surface area contributed by atoms with E-state index in [9.17, 15) is 0 Å². The van der Waals surface area contributed by atoms with Crippen LogP contribution in [0.1, 0.15) is 13.3 Å². The highest BCUT2D eigenvalue weighted by Crippen LogP contribution is 2.26. The second-order valence-electron chi connectivity index (χ2n) is 3.55. The summed E-state index contributed by atoms with van der Waals surface area (Å²) in [6.45, 7) is 2.90. The average molecular weight is 225 g/mol. The zero-order valence-corrected chi connectivity index (χ0v) is 9.56. The van der Waals surface area contributed by atoms with Crippen LogP contribution in [-0.4, -0.2) is 31.0 Å². The molecule has 4 nitrogen and oxygen atoms in total. The summed E-state index contributed by atoms with van der Waals surface area (Å²) in [5, 5.41) is 8.79. The van der Waals surface area contributed by atoms with E-state index in [-0.39, 0.29) is 19.3 Å². The summed E-state index contributed by atoms with van der Waals surface area (Å²) >= 11 is 0. The third-order valence-corrected chi connectivity index (χ3v) is 2.00. The van der Waals surface area contributed by atoms with Crippen molar-refractivity contribution in [3.05, 3.63) is 24.3 Å². The van der Waals surface area contributed by atoms with Crippen molar-refractivity contribution in [1.82, 2.24) is 0 Å². The van der Waals surface area contributed by atoms with E-state index in [0.29, 0.717) is 12.4 Å². The molecule has 1 aromatic carbocycles. The van der Waals surface area contributed by atoms with Crippen molar-refractivity contribution >= 4 is 0 Å². The maximum absolute atomic E-state index is 8.79. The summed E-state index contributed by atoms with van der Waals surface area (Å²) in [6.07, 6.45) is 0.949. The number of para-hydroxylation sites is 2. The Morgan fingerprint density at radius 3 is 2.44 bits per heavy atom. The fourth-order valence-corrected chi connectivity index (χ4v) is 1.15. The zero-order chi connectivity index (χ0) is 11.8. The normalized spacial score (nSPS) is 12.2. The maximum Gasteiger partial charge on any atom is 0.161 e. The fraction of sp³-hybridized carbons (Fsp3) is 0.500. The SMILES string of the molecule is CCCOc1ccccc1OCC(N)CO. The van der Waals surface area contributed by atoms with Gasteiger partial charge in [0.2, 0.25) is 0 Å². The van der Waals surface area contributed by atoms with Gasteiger partial charge in [0, 0.05) is 0 Å². The number of hydrogen-bond donors (Lipinski definition) is 2. The predicted octanol–water partition coefficient (Wildman–Crippen LogP) is 1.17. The highest BCUT2D eigenvalue weighted by Gasteiger charge is 2.06. The van der Waals surface area contributed by atoms with Crippen LogP contribution in [-0.2, 0) is 0 Å². The van der Waals surface area contributed by atoms with Gasteiger partial charge in [-0.15, -0.1) is 0 Å². The summed E-state index contributed by atoms with van der Waals surface area (Å²) in [5.41, 5.74) is 5.56. The standard InChI is InChI=1S/C12H19NO3/c1-2-7-15-11-5-3-4-6-12(11)16-9-10(13)8-14/h3-6,10,14H,2,7-9,13H2,1H3. The quantitative estimate of drug-likeness (QED) is 0.731. The summed E-state index contributed by atoms with van der Waals surface area (Å²) in [6, 6.07) is 7.09. The Kier molecular flexibility index (Phi) is 5.67. The molecule has 1 atom stereocenters. The number of ether oxygens (including phenoxy) is 2. The monoisotopic (exact) mass is 225 g/mol. The molecule has 1 aromatic rings. The van der Waals surface area contributed by atoms with Crippen LogP contribution in [0.3, 0.4) is 0 Å². The van der Waals surface area contributed by atoms with E-state index in [1.165, 1.54) is 0 Å². The lowest BCUT2D eigenvalue weighted by Crippen LogP contribution is -2.31. The van der Waals surface area contributed by atoms with E-state index in [0.717, 1.165) is 12.2 Å². The number of benzene rings is 1. The van der Waals surface area contributed by atoms with E-state index in [1.54, 1.807) is 0 Å². The van der Waals surface area contributed by atoms with Crippen LogP contribution in [0.25, 0.3) is 0 Å². The third kappa shape index (κ3) is 4.08. The zero-order valence-electron chi connectivity index (χ0n) is 9.56. The largest absolute Gasteiger partial charge is 0.490 e. The van der Waals surface area contributed by atoms with Gasteiger partial charge in [0.25, 0.3) is 0 Å². The molecule has 1 rings (SSSR count). The molecule has 0 amide bonds. The molecule has 0 fully saturated rings. The summed E-state index contributed by atoms with van der Waals surface area (Å²) in [5.74, 6) is 1.38. The Morgan fingerprint density at radius 1 is 1.25 bits per heavy atom. The molecule has 0 aliphatic heterocycles. The van der Waals surface area contributed by atoms with Crippen molar-refractivity contribution in [3.63, 3.8) is 0 Å².